The Morgan fingerprint density at radius 1 is 1.13 bits per heavy atom. The first kappa shape index (κ1) is 23.6. The first-order chi connectivity index (χ1) is 15.0. The Hall–Kier alpha value is -2.11. The summed E-state index contributed by atoms with van der Waals surface area (Å²) in [4.78, 5) is 0. The number of aliphatic hydroxyl groups excluding tert-OH is 3. The number of hydrogen-bond donors (Lipinski definition) is 3. The van der Waals surface area contributed by atoms with Gasteiger partial charge >= 0.3 is 0 Å². The highest BCUT2D eigenvalue weighted by Gasteiger charge is 2.37. The summed E-state index contributed by atoms with van der Waals surface area (Å²) in [6.07, 6.45) is 2.67. The first-order valence-electron chi connectivity index (χ1n) is 10.2. The Balaban J connectivity index is 1.64. The Morgan fingerprint density at radius 3 is 2.61 bits per heavy atom. The second kappa shape index (κ2) is 11.5. The number of benzene rings is 2. The molecule has 0 amide bonds. The molecule has 0 unspecified atom stereocenters. The molecule has 0 spiro atoms. The smallest absolute Gasteiger partial charge is 0.119 e. The monoisotopic (exact) mass is 446 g/mol. The standard InChI is InChI=1S/C24H27ClO6/c1-2-9-29-10-11-30-19-6-3-16(4-7-19)12-18-13-17(5-8-20(18)25)22-14-21(27)24(28)23(15-26)31-22/h1,3-8,13,21-24,26-28H,9-12,14-15H2/t21-,22+,23-,24+/m1/s1. The van der Waals surface area contributed by atoms with Crippen molar-refractivity contribution in [3.8, 4) is 18.1 Å². The van der Waals surface area contributed by atoms with Gasteiger partial charge in [0.15, 0.2) is 0 Å². The van der Waals surface area contributed by atoms with Gasteiger partial charge in [0.05, 0.1) is 25.4 Å². The van der Waals surface area contributed by atoms with Gasteiger partial charge in [-0.3, -0.25) is 0 Å². The van der Waals surface area contributed by atoms with Gasteiger partial charge in [0.25, 0.3) is 0 Å². The third-order valence-electron chi connectivity index (χ3n) is 5.19. The van der Waals surface area contributed by atoms with Gasteiger partial charge in [0.2, 0.25) is 0 Å². The largest absolute Gasteiger partial charge is 0.491 e. The summed E-state index contributed by atoms with van der Waals surface area (Å²) >= 11 is 6.41. The highest BCUT2D eigenvalue weighted by molar-refractivity contribution is 6.31. The normalized spacial score (nSPS) is 23.3. The first-order valence-corrected chi connectivity index (χ1v) is 10.5. The minimum atomic E-state index is -1.10. The lowest BCUT2D eigenvalue weighted by Gasteiger charge is -2.36. The maximum Gasteiger partial charge on any atom is 0.119 e. The van der Waals surface area contributed by atoms with E-state index in [0.717, 1.165) is 22.4 Å². The zero-order valence-electron chi connectivity index (χ0n) is 17.1. The zero-order chi connectivity index (χ0) is 22.2. The average Bonchev–Trinajstić information content (AvgIpc) is 2.78. The minimum Gasteiger partial charge on any atom is -0.491 e. The Bertz CT molecular complexity index is 879. The molecule has 0 radical (unpaired) electrons. The highest BCUT2D eigenvalue weighted by Crippen LogP contribution is 2.34. The lowest BCUT2D eigenvalue weighted by atomic mass is 9.92. The number of ether oxygens (including phenoxy) is 3. The Kier molecular flexibility index (Phi) is 8.73. The van der Waals surface area contributed by atoms with Crippen molar-refractivity contribution in [3.63, 3.8) is 0 Å². The Labute approximate surface area is 187 Å². The molecule has 1 saturated heterocycles. The van der Waals surface area contributed by atoms with Crippen LogP contribution in [0.2, 0.25) is 5.02 Å². The fourth-order valence-electron chi connectivity index (χ4n) is 3.52. The van der Waals surface area contributed by atoms with Gasteiger partial charge in [-0.25, -0.2) is 0 Å². The summed E-state index contributed by atoms with van der Waals surface area (Å²) in [5, 5.41) is 30.1. The number of hydrogen-bond acceptors (Lipinski definition) is 6. The summed E-state index contributed by atoms with van der Waals surface area (Å²) < 4.78 is 16.6. The molecule has 7 heteroatoms. The van der Waals surface area contributed by atoms with Gasteiger partial charge in [0, 0.05) is 11.4 Å². The molecular weight excluding hydrogens is 420 g/mol. The molecule has 2 aromatic carbocycles. The van der Waals surface area contributed by atoms with Crippen molar-refractivity contribution < 1.29 is 29.5 Å². The van der Waals surface area contributed by atoms with E-state index in [4.69, 9.17) is 32.2 Å². The number of terminal acetylenes is 1. The van der Waals surface area contributed by atoms with E-state index in [1.54, 1.807) is 6.07 Å². The number of aliphatic hydroxyl groups is 3. The van der Waals surface area contributed by atoms with Crippen LogP contribution in [0.1, 0.15) is 29.2 Å². The lowest BCUT2D eigenvalue weighted by Crippen LogP contribution is -2.47. The van der Waals surface area contributed by atoms with Crippen molar-refractivity contribution in [2.75, 3.05) is 26.4 Å². The molecule has 1 aliphatic heterocycles. The van der Waals surface area contributed by atoms with Crippen LogP contribution in [0, 0.1) is 12.3 Å². The van der Waals surface area contributed by atoms with Crippen molar-refractivity contribution >= 4 is 11.6 Å². The van der Waals surface area contributed by atoms with Crippen LogP contribution in [-0.2, 0) is 15.9 Å². The molecule has 4 atom stereocenters. The molecule has 0 aromatic heterocycles. The van der Waals surface area contributed by atoms with Crippen molar-refractivity contribution in [2.45, 2.75) is 37.3 Å². The summed E-state index contributed by atoms with van der Waals surface area (Å²) in [5.41, 5.74) is 2.82. The van der Waals surface area contributed by atoms with E-state index < -0.39 is 24.4 Å². The second-order valence-electron chi connectivity index (χ2n) is 7.42. The van der Waals surface area contributed by atoms with Gasteiger partial charge in [-0.05, 0) is 41.3 Å². The molecule has 3 N–H and O–H groups in total. The summed E-state index contributed by atoms with van der Waals surface area (Å²) in [6, 6.07) is 13.3. The van der Waals surface area contributed by atoms with Crippen molar-refractivity contribution in [2.24, 2.45) is 0 Å². The van der Waals surface area contributed by atoms with Gasteiger partial charge in [-0.2, -0.15) is 0 Å². The van der Waals surface area contributed by atoms with Gasteiger partial charge in [0.1, 0.15) is 31.2 Å². The zero-order valence-corrected chi connectivity index (χ0v) is 17.9. The van der Waals surface area contributed by atoms with Crippen LogP contribution >= 0.6 is 11.6 Å². The third-order valence-corrected chi connectivity index (χ3v) is 5.56. The van der Waals surface area contributed by atoms with Crippen LogP contribution in [0.4, 0.5) is 0 Å². The predicted octanol–water partition coefficient (Wildman–Crippen LogP) is 2.50. The maximum atomic E-state index is 10.1. The molecule has 166 valence electrons. The van der Waals surface area contributed by atoms with Gasteiger partial charge < -0.3 is 29.5 Å². The summed E-state index contributed by atoms with van der Waals surface area (Å²) in [6.45, 7) is 0.764. The second-order valence-corrected chi connectivity index (χ2v) is 7.82. The van der Waals surface area contributed by atoms with Crippen molar-refractivity contribution in [3.05, 3.63) is 64.2 Å². The maximum absolute atomic E-state index is 10.1. The van der Waals surface area contributed by atoms with Crippen LogP contribution in [0.5, 0.6) is 5.75 Å². The third kappa shape index (κ3) is 6.44. The molecular formula is C24H27ClO6. The molecule has 0 saturated carbocycles. The summed E-state index contributed by atoms with van der Waals surface area (Å²) in [5.74, 6) is 3.15. The van der Waals surface area contributed by atoms with Crippen LogP contribution in [-0.4, -0.2) is 60.1 Å². The van der Waals surface area contributed by atoms with Gasteiger partial charge in [-0.1, -0.05) is 41.8 Å². The van der Waals surface area contributed by atoms with E-state index in [1.165, 1.54) is 0 Å². The van der Waals surface area contributed by atoms with Gasteiger partial charge in [-0.15, -0.1) is 6.42 Å². The molecule has 3 rings (SSSR count). The van der Waals surface area contributed by atoms with Crippen LogP contribution in [0.25, 0.3) is 0 Å². The highest BCUT2D eigenvalue weighted by atomic mass is 35.5. The molecule has 1 aliphatic rings. The van der Waals surface area contributed by atoms with E-state index in [0.29, 0.717) is 24.7 Å². The van der Waals surface area contributed by atoms with E-state index in [1.807, 2.05) is 36.4 Å². The van der Waals surface area contributed by atoms with E-state index in [-0.39, 0.29) is 19.6 Å². The fraction of sp³-hybridized carbons (Fsp3) is 0.417. The van der Waals surface area contributed by atoms with Crippen LogP contribution in [0.15, 0.2) is 42.5 Å². The average molecular weight is 447 g/mol. The minimum absolute atomic E-state index is 0.246. The van der Waals surface area contributed by atoms with E-state index >= 15 is 0 Å². The van der Waals surface area contributed by atoms with E-state index in [2.05, 4.69) is 5.92 Å². The SMILES string of the molecule is C#CCOCCOc1ccc(Cc2cc([C@@H]3C[C@@H](O)[C@H](O)[C@@H](CO)O3)ccc2Cl)cc1. The molecule has 31 heavy (non-hydrogen) atoms. The van der Waals surface area contributed by atoms with Crippen LogP contribution in [0.3, 0.4) is 0 Å². The number of halogens is 1. The molecule has 6 nitrogen and oxygen atoms in total. The molecule has 2 aromatic rings. The topological polar surface area (TPSA) is 88.4 Å². The number of rotatable bonds is 9. The Morgan fingerprint density at radius 2 is 1.90 bits per heavy atom. The lowest BCUT2D eigenvalue weighted by molar-refractivity contribution is -0.181. The molecule has 1 fully saturated rings. The quantitative estimate of drug-likeness (QED) is 0.405. The summed E-state index contributed by atoms with van der Waals surface area (Å²) in [7, 11) is 0. The fourth-order valence-corrected chi connectivity index (χ4v) is 3.71. The molecule has 0 bridgehead atoms. The van der Waals surface area contributed by atoms with E-state index in [9.17, 15) is 15.3 Å². The van der Waals surface area contributed by atoms with Crippen molar-refractivity contribution in [1.29, 1.82) is 0 Å². The van der Waals surface area contributed by atoms with Crippen LogP contribution < -0.4 is 4.74 Å². The predicted molar refractivity (Wildman–Crippen MR) is 117 cm³/mol. The molecule has 0 aliphatic carbocycles. The van der Waals surface area contributed by atoms with Crippen molar-refractivity contribution in [1.82, 2.24) is 0 Å². The molecule has 1 heterocycles.